The van der Waals surface area contributed by atoms with Crippen LogP contribution in [0.15, 0.2) is 60.8 Å². The molecule has 6 heteroatoms. The molecule has 0 aliphatic carbocycles. The number of nitrogens with one attached hydrogen (secondary N) is 1. The van der Waals surface area contributed by atoms with Crippen molar-refractivity contribution in [1.29, 1.82) is 0 Å². The lowest BCUT2D eigenvalue weighted by Crippen LogP contribution is -2.45. The second-order valence-corrected chi connectivity index (χ2v) is 21.7. The number of ether oxygens (including phenoxy) is 1. The zero-order valence-electron chi connectivity index (χ0n) is 48.6. The first-order chi connectivity index (χ1) is 36.0. The molecule has 0 saturated carbocycles. The van der Waals surface area contributed by atoms with E-state index in [1.807, 2.05) is 6.08 Å². The molecule has 0 saturated heterocycles. The Morgan fingerprint density at radius 1 is 0.384 bits per heavy atom. The van der Waals surface area contributed by atoms with Gasteiger partial charge in [0.15, 0.2) is 0 Å². The molecule has 73 heavy (non-hydrogen) atoms. The van der Waals surface area contributed by atoms with Gasteiger partial charge >= 0.3 is 5.97 Å². The van der Waals surface area contributed by atoms with E-state index < -0.39 is 12.1 Å². The standard InChI is InChI=1S/C67H123NO5/c1-3-5-7-9-11-13-15-17-18-32-36-39-43-47-51-55-59-65(70)64(63-69)68-66(71)60-56-52-48-44-40-37-33-30-28-26-24-22-20-19-21-23-25-27-29-31-34-38-42-46-50-54-58-62-73-67(72)61-57-53-49-45-41-35-16-14-12-10-8-6-4-2/h8,10,14,16,19-20,23,25,55,59,64-65,69-70H,3-7,9,11-13,15,17-18,21-22,24,26-54,56-58,60-63H2,1-2H3,(H,68,71)/b10-8-,16-14-,20-19-,25-23-,59-55+. The van der Waals surface area contributed by atoms with Crippen LogP contribution in [-0.2, 0) is 14.3 Å². The highest BCUT2D eigenvalue weighted by atomic mass is 16.5. The van der Waals surface area contributed by atoms with Crippen LogP contribution in [-0.4, -0.2) is 47.4 Å². The van der Waals surface area contributed by atoms with Gasteiger partial charge in [-0.05, 0) is 89.9 Å². The second kappa shape index (κ2) is 62.1. The summed E-state index contributed by atoms with van der Waals surface area (Å²) in [5.41, 5.74) is 0. The second-order valence-electron chi connectivity index (χ2n) is 21.7. The number of esters is 1. The van der Waals surface area contributed by atoms with Crippen LogP contribution in [0, 0.1) is 0 Å². The molecule has 0 radical (unpaired) electrons. The van der Waals surface area contributed by atoms with Crippen LogP contribution in [0.1, 0.15) is 328 Å². The molecular weight excluding hydrogens is 899 g/mol. The molecule has 0 spiro atoms. The molecule has 2 unspecified atom stereocenters. The lowest BCUT2D eigenvalue weighted by atomic mass is 10.0. The van der Waals surface area contributed by atoms with Crippen LogP contribution >= 0.6 is 0 Å². The highest BCUT2D eigenvalue weighted by molar-refractivity contribution is 5.76. The molecule has 3 N–H and O–H groups in total. The van der Waals surface area contributed by atoms with Crippen LogP contribution in [0.5, 0.6) is 0 Å². The summed E-state index contributed by atoms with van der Waals surface area (Å²) in [5, 5.41) is 23.2. The van der Waals surface area contributed by atoms with Crippen molar-refractivity contribution in [3.63, 3.8) is 0 Å². The topological polar surface area (TPSA) is 95.9 Å². The largest absolute Gasteiger partial charge is 0.466 e. The minimum atomic E-state index is -0.848. The zero-order valence-corrected chi connectivity index (χ0v) is 48.6. The van der Waals surface area contributed by atoms with Gasteiger partial charge in [-0.1, -0.05) is 286 Å². The fourth-order valence-corrected chi connectivity index (χ4v) is 9.59. The summed E-state index contributed by atoms with van der Waals surface area (Å²) in [4.78, 5) is 24.5. The van der Waals surface area contributed by atoms with Crippen LogP contribution in [0.2, 0.25) is 0 Å². The van der Waals surface area contributed by atoms with Gasteiger partial charge in [-0.3, -0.25) is 9.59 Å². The Bertz CT molecular complexity index is 1270. The molecule has 1 amide bonds. The number of aliphatic hydroxyl groups is 2. The zero-order chi connectivity index (χ0) is 52.9. The highest BCUT2D eigenvalue weighted by Gasteiger charge is 2.18. The molecule has 0 aliphatic rings. The average molecular weight is 1020 g/mol. The van der Waals surface area contributed by atoms with E-state index in [0.29, 0.717) is 19.4 Å². The third-order valence-corrected chi connectivity index (χ3v) is 14.5. The molecule has 0 heterocycles. The van der Waals surface area contributed by atoms with Crippen LogP contribution in [0.4, 0.5) is 0 Å². The molecule has 0 bridgehead atoms. The minimum Gasteiger partial charge on any atom is -0.466 e. The van der Waals surface area contributed by atoms with Crippen molar-refractivity contribution < 1.29 is 24.5 Å². The SMILES string of the molecule is CCC/C=C\C/C=C\CCCCCCCC(=O)OCCCCCCCCCCC/C=C\C/C=C\CCCCCCCCCCCCCC(=O)NC(CO)C(O)/C=C/CCCCCCCCCCCCCCCC. The number of hydrogen-bond acceptors (Lipinski definition) is 5. The summed E-state index contributed by atoms with van der Waals surface area (Å²) >= 11 is 0. The van der Waals surface area contributed by atoms with Gasteiger partial charge in [-0.2, -0.15) is 0 Å². The molecule has 0 rings (SSSR count). The van der Waals surface area contributed by atoms with E-state index in [2.05, 4.69) is 67.8 Å². The number of hydrogen-bond donors (Lipinski definition) is 3. The number of amides is 1. The minimum absolute atomic E-state index is 0.00568. The van der Waals surface area contributed by atoms with Gasteiger partial charge in [-0.25, -0.2) is 0 Å². The van der Waals surface area contributed by atoms with E-state index in [-0.39, 0.29) is 18.5 Å². The van der Waals surface area contributed by atoms with Gasteiger partial charge in [0.2, 0.25) is 5.91 Å². The van der Waals surface area contributed by atoms with E-state index in [4.69, 9.17) is 4.74 Å². The quantitative estimate of drug-likeness (QED) is 0.0320. The lowest BCUT2D eigenvalue weighted by molar-refractivity contribution is -0.143. The van der Waals surface area contributed by atoms with Crippen LogP contribution in [0.25, 0.3) is 0 Å². The van der Waals surface area contributed by atoms with Crippen molar-refractivity contribution in [2.75, 3.05) is 13.2 Å². The Morgan fingerprint density at radius 2 is 0.712 bits per heavy atom. The maximum atomic E-state index is 12.5. The molecule has 426 valence electrons. The highest BCUT2D eigenvalue weighted by Crippen LogP contribution is 2.17. The Morgan fingerprint density at radius 3 is 1.10 bits per heavy atom. The Balaban J connectivity index is 3.45. The van der Waals surface area contributed by atoms with Crippen molar-refractivity contribution >= 4 is 11.9 Å². The van der Waals surface area contributed by atoms with Crippen LogP contribution in [0.3, 0.4) is 0 Å². The van der Waals surface area contributed by atoms with Crippen molar-refractivity contribution in [1.82, 2.24) is 5.32 Å². The summed E-state index contributed by atoms with van der Waals surface area (Å²) in [7, 11) is 0. The first-order valence-corrected chi connectivity index (χ1v) is 32.1. The van der Waals surface area contributed by atoms with Crippen molar-refractivity contribution in [3.05, 3.63) is 60.8 Å². The number of carbonyl (C=O) groups excluding carboxylic acids is 2. The van der Waals surface area contributed by atoms with Gasteiger partial charge in [0.1, 0.15) is 0 Å². The Hall–Kier alpha value is -2.44. The fourth-order valence-electron chi connectivity index (χ4n) is 9.59. The Kier molecular flexibility index (Phi) is 60.0. The van der Waals surface area contributed by atoms with Gasteiger partial charge < -0.3 is 20.3 Å². The first-order valence-electron chi connectivity index (χ1n) is 32.1. The summed E-state index contributed by atoms with van der Waals surface area (Å²) in [6.45, 7) is 4.84. The van der Waals surface area contributed by atoms with E-state index in [9.17, 15) is 19.8 Å². The van der Waals surface area contributed by atoms with Gasteiger partial charge in [-0.15, -0.1) is 0 Å². The van der Waals surface area contributed by atoms with Crippen LogP contribution < -0.4 is 5.32 Å². The number of allylic oxidation sites excluding steroid dienone is 9. The maximum Gasteiger partial charge on any atom is 0.305 e. The Labute approximate surface area is 454 Å². The van der Waals surface area contributed by atoms with Gasteiger partial charge in [0.25, 0.3) is 0 Å². The molecule has 2 atom stereocenters. The number of aliphatic hydroxyl groups excluding tert-OH is 2. The number of unbranched alkanes of at least 4 members (excludes halogenated alkanes) is 40. The maximum absolute atomic E-state index is 12.5. The summed E-state index contributed by atoms with van der Waals surface area (Å²) < 4.78 is 5.46. The number of rotatable bonds is 59. The lowest BCUT2D eigenvalue weighted by Gasteiger charge is -2.20. The van der Waals surface area contributed by atoms with Crippen molar-refractivity contribution in [2.24, 2.45) is 0 Å². The summed E-state index contributed by atoms with van der Waals surface area (Å²) in [5.74, 6) is -0.0761. The van der Waals surface area contributed by atoms with Crippen molar-refractivity contribution in [2.45, 2.75) is 341 Å². The summed E-state index contributed by atoms with van der Waals surface area (Å²) in [6, 6.07) is -0.631. The normalized spacial score (nSPS) is 13.0. The third-order valence-electron chi connectivity index (χ3n) is 14.5. The van der Waals surface area contributed by atoms with Gasteiger partial charge in [0.05, 0.1) is 25.4 Å². The van der Waals surface area contributed by atoms with Crippen molar-refractivity contribution in [3.8, 4) is 0 Å². The predicted octanol–water partition coefficient (Wildman–Crippen LogP) is 20.3. The fraction of sp³-hybridized carbons (Fsp3) is 0.821. The molecule has 6 nitrogen and oxygen atoms in total. The third kappa shape index (κ3) is 58.7. The van der Waals surface area contributed by atoms with E-state index in [1.165, 1.54) is 244 Å². The van der Waals surface area contributed by atoms with E-state index in [0.717, 1.165) is 57.8 Å². The van der Waals surface area contributed by atoms with Gasteiger partial charge in [0, 0.05) is 12.8 Å². The number of carbonyl (C=O) groups is 2. The summed E-state index contributed by atoms with van der Waals surface area (Å²) in [6.07, 6.45) is 81.3. The molecule has 0 fully saturated rings. The molecule has 0 aromatic heterocycles. The first kappa shape index (κ1) is 70.6. The smallest absolute Gasteiger partial charge is 0.305 e. The van der Waals surface area contributed by atoms with E-state index >= 15 is 0 Å². The van der Waals surface area contributed by atoms with E-state index in [1.54, 1.807) is 6.08 Å². The monoisotopic (exact) mass is 1020 g/mol. The molecule has 0 aliphatic heterocycles. The predicted molar refractivity (Wildman–Crippen MR) is 319 cm³/mol. The average Bonchev–Trinajstić information content (AvgIpc) is 3.39. The molecule has 0 aromatic carbocycles. The molecule has 0 aromatic rings. The molecular formula is C67H123NO5.